The molecule has 3 rings (SSSR count). The van der Waals surface area contributed by atoms with Gasteiger partial charge in [0.25, 0.3) is 15.9 Å². The number of carbonyl (C=O) groups is 2. The fourth-order valence-electron chi connectivity index (χ4n) is 5.32. The third-order valence-electron chi connectivity index (χ3n) is 8.04. The molecule has 0 aliphatic carbocycles. The van der Waals surface area contributed by atoms with Crippen LogP contribution in [0.15, 0.2) is 27.6 Å². The van der Waals surface area contributed by atoms with Gasteiger partial charge in [-0.25, -0.2) is 8.42 Å². The highest BCUT2D eigenvalue weighted by Gasteiger charge is 2.33. The van der Waals surface area contributed by atoms with Crippen LogP contribution in [-0.2, 0) is 19.6 Å². The van der Waals surface area contributed by atoms with Crippen molar-refractivity contribution in [2.24, 2.45) is 5.92 Å². The second kappa shape index (κ2) is 16.2. The maximum atomic E-state index is 14.3. The first-order valence-corrected chi connectivity index (χ1v) is 17.0. The van der Waals surface area contributed by atoms with Gasteiger partial charge in [0.15, 0.2) is 10.7 Å². The molecule has 16 heteroatoms. The summed E-state index contributed by atoms with van der Waals surface area (Å²) in [7, 11) is -2.72. The van der Waals surface area contributed by atoms with Crippen molar-refractivity contribution in [3.05, 3.63) is 35.2 Å². The lowest BCUT2D eigenvalue weighted by Gasteiger charge is -2.36. The highest BCUT2D eigenvalue weighted by Crippen LogP contribution is 2.30. The topological polar surface area (TPSA) is 152 Å². The van der Waals surface area contributed by atoms with Gasteiger partial charge in [-0.2, -0.15) is 13.2 Å². The van der Waals surface area contributed by atoms with Crippen LogP contribution in [0.4, 0.5) is 18.9 Å². The Morgan fingerprint density at radius 3 is 2.55 bits per heavy atom. The van der Waals surface area contributed by atoms with E-state index >= 15 is 0 Å². The zero-order chi connectivity index (χ0) is 35.1. The smallest absolute Gasteiger partial charge is 0.389 e. The second-order valence-electron chi connectivity index (χ2n) is 12.2. The number of rotatable bonds is 9. The Bertz CT molecular complexity index is 1460. The number of amides is 2. The minimum Gasteiger partial charge on any atom is -0.490 e. The van der Waals surface area contributed by atoms with Crippen molar-refractivity contribution in [1.29, 1.82) is 0 Å². The Balaban J connectivity index is 1.97. The second-order valence-corrected chi connectivity index (χ2v) is 13.8. The first-order valence-electron chi connectivity index (χ1n) is 15.5. The summed E-state index contributed by atoms with van der Waals surface area (Å²) in [5.41, 5.74) is 0.305. The van der Waals surface area contributed by atoms with E-state index < -0.39 is 65.5 Å². The number of aliphatic hydroxyl groups excluding tert-OH is 1. The van der Waals surface area contributed by atoms with Crippen molar-refractivity contribution < 1.29 is 50.3 Å². The molecule has 264 valence electrons. The number of sulfonamides is 1. The number of fused-ring (bicyclic) bond motifs is 1. The molecule has 2 aromatic rings. The third kappa shape index (κ3) is 10.6. The van der Waals surface area contributed by atoms with Gasteiger partial charge in [0.1, 0.15) is 11.4 Å². The third-order valence-corrected chi connectivity index (χ3v) is 9.67. The Morgan fingerprint density at radius 1 is 1.23 bits per heavy atom. The van der Waals surface area contributed by atoms with Gasteiger partial charge >= 0.3 is 6.18 Å². The van der Waals surface area contributed by atoms with Gasteiger partial charge in [-0.1, -0.05) is 12.1 Å². The molecule has 1 aliphatic rings. The van der Waals surface area contributed by atoms with Crippen LogP contribution in [-0.4, -0.2) is 98.1 Å². The van der Waals surface area contributed by atoms with Crippen LogP contribution in [0.2, 0.25) is 0 Å². The van der Waals surface area contributed by atoms with E-state index in [-0.39, 0.29) is 52.5 Å². The Kier molecular flexibility index (Phi) is 13.1. The molecule has 1 aromatic heterocycles. The Labute approximate surface area is 273 Å². The Morgan fingerprint density at radius 2 is 1.94 bits per heavy atom. The molecule has 0 saturated carbocycles. The molecule has 0 spiro atoms. The van der Waals surface area contributed by atoms with Crippen molar-refractivity contribution in [1.82, 2.24) is 15.0 Å². The quantitative estimate of drug-likeness (QED) is 0.382. The minimum atomic E-state index is -4.46. The van der Waals surface area contributed by atoms with Crippen molar-refractivity contribution >= 4 is 27.5 Å². The predicted molar refractivity (Wildman–Crippen MR) is 167 cm³/mol. The first-order chi connectivity index (χ1) is 21.9. The molecule has 0 saturated heterocycles. The van der Waals surface area contributed by atoms with Crippen LogP contribution >= 0.6 is 0 Å². The van der Waals surface area contributed by atoms with E-state index in [0.717, 1.165) is 0 Å². The van der Waals surface area contributed by atoms with Gasteiger partial charge < -0.3 is 28.9 Å². The number of ether oxygens (including phenoxy) is 2. The average molecular weight is 691 g/mol. The molecule has 4 atom stereocenters. The molecule has 2 N–H and O–H groups in total. The molecular formula is C31H45F3N4O8S. The number of benzene rings is 1. The van der Waals surface area contributed by atoms with Gasteiger partial charge in [0, 0.05) is 44.8 Å². The van der Waals surface area contributed by atoms with Crippen LogP contribution in [0.1, 0.15) is 74.7 Å². The van der Waals surface area contributed by atoms with E-state index in [1.54, 1.807) is 13.8 Å². The molecule has 0 radical (unpaired) electrons. The van der Waals surface area contributed by atoms with E-state index in [1.165, 1.54) is 48.9 Å². The van der Waals surface area contributed by atoms with Gasteiger partial charge in [0.05, 0.1) is 36.8 Å². The molecule has 0 bridgehead atoms. The fourth-order valence-corrected chi connectivity index (χ4v) is 6.71. The monoisotopic (exact) mass is 690 g/mol. The van der Waals surface area contributed by atoms with E-state index in [0.29, 0.717) is 25.9 Å². The lowest BCUT2D eigenvalue weighted by Crippen LogP contribution is -2.48. The van der Waals surface area contributed by atoms with Gasteiger partial charge in [-0.05, 0) is 65.2 Å². The summed E-state index contributed by atoms with van der Waals surface area (Å²) < 4.78 is 84.5. The number of hydrogen-bond acceptors (Lipinski definition) is 9. The zero-order valence-corrected chi connectivity index (χ0v) is 28.4. The standard InChI is InChI=1S/C31H45F3N4O8S/c1-19-16-38(20(2)18-39)30(41)25-15-24(36-47(42,43)29-22(4)35-46-23(29)5)10-11-26(25)45-21(3)9-7-8-14-44-27(19)17-37(6)28(40)12-13-31(32,33)34/h10-11,15,19-21,27,36,39H,7-9,12-14,16-18H2,1-6H3/t19-,20+,21+,27+/m1/s1. The van der Waals surface area contributed by atoms with Gasteiger partial charge in [-0.15, -0.1) is 0 Å². The number of aromatic nitrogens is 1. The number of nitrogens with one attached hydrogen (secondary N) is 1. The highest BCUT2D eigenvalue weighted by atomic mass is 32.2. The van der Waals surface area contributed by atoms with Crippen LogP contribution in [0, 0.1) is 19.8 Å². The molecule has 2 amide bonds. The van der Waals surface area contributed by atoms with Crippen molar-refractivity contribution in [2.75, 3.05) is 38.1 Å². The number of anilines is 1. The Hall–Kier alpha value is -3.37. The molecule has 1 aliphatic heterocycles. The minimum absolute atomic E-state index is 0.00285. The first kappa shape index (κ1) is 38.1. The van der Waals surface area contributed by atoms with Crippen LogP contribution in [0.25, 0.3) is 0 Å². The number of aryl methyl sites for hydroxylation is 2. The number of likely N-dealkylation sites (N-methyl/N-ethyl adjacent to an activating group) is 1. The molecule has 2 heterocycles. The largest absolute Gasteiger partial charge is 0.490 e. The number of hydrogen-bond donors (Lipinski definition) is 2. The van der Waals surface area contributed by atoms with E-state index in [2.05, 4.69) is 9.88 Å². The predicted octanol–water partition coefficient (Wildman–Crippen LogP) is 4.69. The lowest BCUT2D eigenvalue weighted by molar-refractivity contribution is -0.149. The van der Waals surface area contributed by atoms with Crippen LogP contribution in [0.5, 0.6) is 5.75 Å². The van der Waals surface area contributed by atoms with E-state index in [9.17, 15) is 36.3 Å². The van der Waals surface area contributed by atoms with Crippen LogP contribution < -0.4 is 9.46 Å². The normalized spacial score (nSPS) is 20.9. The molecule has 1 aromatic carbocycles. The SMILES string of the molecule is Cc1noc(C)c1S(=O)(=O)Nc1ccc2c(c1)C(=O)N([C@@H](C)CO)C[C@@H](C)[C@H](CN(C)C(=O)CCC(F)(F)F)OCCCC[C@H](C)O2. The summed E-state index contributed by atoms with van der Waals surface area (Å²) in [5, 5.41) is 13.8. The van der Waals surface area contributed by atoms with Crippen molar-refractivity contribution in [2.45, 2.75) is 96.0 Å². The van der Waals surface area contributed by atoms with Gasteiger partial charge in [-0.3, -0.25) is 14.3 Å². The summed E-state index contributed by atoms with van der Waals surface area (Å²) >= 11 is 0. The lowest BCUT2D eigenvalue weighted by atomic mass is 10.0. The van der Waals surface area contributed by atoms with Crippen molar-refractivity contribution in [3.63, 3.8) is 0 Å². The maximum absolute atomic E-state index is 14.3. The summed E-state index contributed by atoms with van der Waals surface area (Å²) in [6, 6.07) is 3.67. The summed E-state index contributed by atoms with van der Waals surface area (Å²) in [4.78, 5) is 29.3. The summed E-state index contributed by atoms with van der Waals surface area (Å²) in [5.74, 6) is -1.34. The van der Waals surface area contributed by atoms with E-state index in [4.69, 9.17) is 14.0 Å². The summed E-state index contributed by atoms with van der Waals surface area (Å²) in [6.45, 7) is 8.21. The summed E-state index contributed by atoms with van der Waals surface area (Å²) in [6.07, 6.45) is -5.40. The molecular weight excluding hydrogens is 645 g/mol. The maximum Gasteiger partial charge on any atom is 0.389 e. The highest BCUT2D eigenvalue weighted by molar-refractivity contribution is 7.92. The number of nitrogens with zero attached hydrogens (tertiary/aromatic N) is 3. The molecule has 0 unspecified atom stereocenters. The number of carbonyl (C=O) groups excluding carboxylic acids is 2. The number of halogens is 3. The van der Waals surface area contributed by atoms with E-state index in [1.807, 2.05) is 6.92 Å². The number of aliphatic hydroxyl groups is 1. The molecule has 12 nitrogen and oxygen atoms in total. The number of alkyl halides is 3. The molecule has 47 heavy (non-hydrogen) atoms. The average Bonchev–Trinajstić information content (AvgIpc) is 3.34. The zero-order valence-electron chi connectivity index (χ0n) is 27.6. The fraction of sp³-hybridized carbons (Fsp3) is 0.645. The molecule has 0 fully saturated rings. The van der Waals surface area contributed by atoms with Gasteiger partial charge in [0.2, 0.25) is 5.91 Å². The van der Waals surface area contributed by atoms with Crippen molar-refractivity contribution in [3.8, 4) is 5.75 Å². The van der Waals surface area contributed by atoms with Crippen LogP contribution in [0.3, 0.4) is 0 Å².